The Morgan fingerprint density at radius 3 is 3.00 bits per heavy atom. The van der Waals surface area contributed by atoms with Crippen LogP contribution in [0.15, 0.2) is 30.6 Å². The van der Waals surface area contributed by atoms with Crippen molar-refractivity contribution < 1.29 is 4.79 Å². The third kappa shape index (κ3) is 1.42. The largest absolute Gasteiger partial charge is 0.304 e. The van der Waals surface area contributed by atoms with E-state index in [2.05, 4.69) is 15.4 Å². The summed E-state index contributed by atoms with van der Waals surface area (Å²) in [7, 11) is 0. The van der Waals surface area contributed by atoms with Gasteiger partial charge in [-0.1, -0.05) is 6.07 Å². The van der Waals surface area contributed by atoms with E-state index in [9.17, 15) is 4.79 Å². The molecule has 0 fully saturated rings. The van der Waals surface area contributed by atoms with Crippen LogP contribution < -0.4 is 5.32 Å². The highest BCUT2D eigenvalue weighted by Crippen LogP contribution is 2.14. The van der Waals surface area contributed by atoms with Crippen molar-refractivity contribution in [3.05, 3.63) is 41.9 Å². The summed E-state index contributed by atoms with van der Waals surface area (Å²) in [6.07, 6.45) is 3.46. The molecule has 16 heavy (non-hydrogen) atoms. The van der Waals surface area contributed by atoms with Gasteiger partial charge in [-0.15, -0.1) is 0 Å². The van der Waals surface area contributed by atoms with Crippen molar-refractivity contribution in [3.63, 3.8) is 0 Å². The molecule has 2 aromatic rings. The highest BCUT2D eigenvalue weighted by molar-refractivity contribution is 5.99. The monoisotopic (exact) mass is 214 g/mol. The van der Waals surface area contributed by atoms with Gasteiger partial charge in [0.15, 0.2) is 11.6 Å². The number of Topliss-reactive ketones (excluding diaryl/α,β-unsaturated/α-hetero) is 1. The van der Waals surface area contributed by atoms with Gasteiger partial charge in [0.25, 0.3) is 0 Å². The summed E-state index contributed by atoms with van der Waals surface area (Å²) in [5, 5.41) is 7.35. The molecule has 2 aromatic heterocycles. The molecule has 80 valence electrons. The molecule has 1 aliphatic rings. The molecule has 0 saturated carbocycles. The Kier molecular flexibility index (Phi) is 2.04. The average Bonchev–Trinajstić information content (AvgIpc) is 2.76. The molecule has 0 aliphatic carbocycles. The first-order chi connectivity index (χ1) is 7.84. The second-order valence-corrected chi connectivity index (χ2v) is 3.65. The van der Waals surface area contributed by atoms with Gasteiger partial charge in [0.2, 0.25) is 0 Å². The molecule has 0 spiro atoms. The number of nitrogens with zero attached hydrogens (tertiary/aromatic N) is 3. The summed E-state index contributed by atoms with van der Waals surface area (Å²) in [6, 6.07) is 5.60. The molecule has 5 heteroatoms. The van der Waals surface area contributed by atoms with Crippen molar-refractivity contribution in [2.24, 2.45) is 0 Å². The standard InChI is InChI=1S/C11H10N4O/c16-10-6-12-5-9-8(10)7-15(14-9)11-3-1-2-4-13-11/h1-4,7,12H,5-6H2. The summed E-state index contributed by atoms with van der Waals surface area (Å²) in [6.45, 7) is 1.03. The number of fused-ring (bicyclic) bond motifs is 1. The molecule has 0 bridgehead atoms. The Labute approximate surface area is 92.1 Å². The number of rotatable bonds is 1. The van der Waals surface area contributed by atoms with Crippen LogP contribution in [0.25, 0.3) is 5.82 Å². The minimum Gasteiger partial charge on any atom is -0.304 e. The lowest BCUT2D eigenvalue weighted by atomic mass is 10.1. The van der Waals surface area contributed by atoms with E-state index in [-0.39, 0.29) is 5.78 Å². The zero-order valence-corrected chi connectivity index (χ0v) is 8.55. The number of hydrogen-bond acceptors (Lipinski definition) is 4. The summed E-state index contributed by atoms with van der Waals surface area (Å²) in [5.74, 6) is 0.813. The predicted molar refractivity (Wildman–Crippen MR) is 57.4 cm³/mol. The van der Waals surface area contributed by atoms with Gasteiger partial charge in [0.05, 0.1) is 17.8 Å². The van der Waals surface area contributed by atoms with Crippen LogP contribution in [0, 0.1) is 0 Å². The molecule has 1 aliphatic heterocycles. The molecule has 0 unspecified atom stereocenters. The molecule has 1 N–H and O–H groups in total. The molecule has 0 aromatic carbocycles. The lowest BCUT2D eigenvalue weighted by Gasteiger charge is -2.08. The van der Waals surface area contributed by atoms with E-state index in [0.29, 0.717) is 18.7 Å². The number of pyridine rings is 1. The highest BCUT2D eigenvalue weighted by Gasteiger charge is 2.20. The van der Waals surface area contributed by atoms with E-state index in [1.807, 2.05) is 18.2 Å². The summed E-state index contributed by atoms with van der Waals surface area (Å²) >= 11 is 0. The van der Waals surface area contributed by atoms with Crippen molar-refractivity contribution in [2.75, 3.05) is 6.54 Å². The van der Waals surface area contributed by atoms with Crippen LogP contribution in [0.2, 0.25) is 0 Å². The number of carbonyl (C=O) groups excluding carboxylic acids is 1. The van der Waals surface area contributed by atoms with Gasteiger partial charge in [0.1, 0.15) is 0 Å². The molecule has 0 amide bonds. The maximum absolute atomic E-state index is 11.6. The molecular weight excluding hydrogens is 204 g/mol. The lowest BCUT2D eigenvalue weighted by molar-refractivity contribution is 0.0982. The lowest BCUT2D eigenvalue weighted by Crippen LogP contribution is -2.29. The Morgan fingerprint density at radius 1 is 1.31 bits per heavy atom. The third-order valence-corrected chi connectivity index (χ3v) is 2.55. The fourth-order valence-corrected chi connectivity index (χ4v) is 1.77. The van der Waals surface area contributed by atoms with Crippen molar-refractivity contribution in [2.45, 2.75) is 6.54 Å². The number of nitrogens with one attached hydrogen (secondary N) is 1. The van der Waals surface area contributed by atoms with E-state index in [4.69, 9.17) is 0 Å². The maximum atomic E-state index is 11.6. The quantitative estimate of drug-likeness (QED) is 0.753. The molecule has 0 radical (unpaired) electrons. The van der Waals surface area contributed by atoms with Crippen LogP contribution in [0.5, 0.6) is 0 Å². The van der Waals surface area contributed by atoms with Crippen LogP contribution in [0.1, 0.15) is 16.1 Å². The van der Waals surface area contributed by atoms with Crippen LogP contribution in [0.4, 0.5) is 0 Å². The molecular formula is C11H10N4O. The molecule has 0 saturated heterocycles. The van der Waals surface area contributed by atoms with Gasteiger partial charge in [-0.3, -0.25) is 4.79 Å². The van der Waals surface area contributed by atoms with Gasteiger partial charge in [-0.2, -0.15) is 5.10 Å². The summed E-state index contributed by atoms with van der Waals surface area (Å²) < 4.78 is 1.65. The minimum atomic E-state index is 0.0865. The fourth-order valence-electron chi connectivity index (χ4n) is 1.77. The van der Waals surface area contributed by atoms with Crippen molar-refractivity contribution in [1.82, 2.24) is 20.1 Å². The first-order valence-corrected chi connectivity index (χ1v) is 5.08. The molecule has 3 heterocycles. The maximum Gasteiger partial charge on any atom is 0.180 e. The van der Waals surface area contributed by atoms with E-state index in [1.165, 1.54) is 0 Å². The van der Waals surface area contributed by atoms with Gasteiger partial charge < -0.3 is 5.32 Å². The second-order valence-electron chi connectivity index (χ2n) is 3.65. The van der Waals surface area contributed by atoms with Crippen LogP contribution >= 0.6 is 0 Å². The van der Waals surface area contributed by atoms with E-state index in [1.54, 1.807) is 17.1 Å². The Bertz CT molecular complexity index is 532. The molecule has 0 atom stereocenters. The van der Waals surface area contributed by atoms with Gasteiger partial charge >= 0.3 is 0 Å². The molecule has 3 rings (SSSR count). The summed E-state index contributed by atoms with van der Waals surface area (Å²) in [5.41, 5.74) is 1.49. The van der Waals surface area contributed by atoms with E-state index < -0.39 is 0 Å². The zero-order valence-electron chi connectivity index (χ0n) is 8.55. The zero-order chi connectivity index (χ0) is 11.0. The van der Waals surface area contributed by atoms with E-state index in [0.717, 1.165) is 11.5 Å². The highest BCUT2D eigenvalue weighted by atomic mass is 16.1. The SMILES string of the molecule is O=C1CNCc2nn(-c3ccccn3)cc21. The number of aromatic nitrogens is 3. The Morgan fingerprint density at radius 2 is 2.25 bits per heavy atom. The van der Waals surface area contributed by atoms with Gasteiger partial charge in [0, 0.05) is 18.9 Å². The third-order valence-electron chi connectivity index (χ3n) is 2.55. The summed E-state index contributed by atoms with van der Waals surface area (Å²) in [4.78, 5) is 15.8. The van der Waals surface area contributed by atoms with Gasteiger partial charge in [-0.25, -0.2) is 9.67 Å². The Balaban J connectivity index is 2.08. The first-order valence-electron chi connectivity index (χ1n) is 5.08. The van der Waals surface area contributed by atoms with Crippen LogP contribution in [0.3, 0.4) is 0 Å². The van der Waals surface area contributed by atoms with Crippen LogP contribution in [-0.4, -0.2) is 27.1 Å². The second kappa shape index (κ2) is 3.53. The number of hydrogen-bond donors (Lipinski definition) is 1. The van der Waals surface area contributed by atoms with Crippen molar-refractivity contribution >= 4 is 5.78 Å². The smallest absolute Gasteiger partial charge is 0.180 e. The first kappa shape index (κ1) is 9.23. The van der Waals surface area contributed by atoms with E-state index >= 15 is 0 Å². The Hall–Kier alpha value is -2.01. The number of ketones is 1. The van der Waals surface area contributed by atoms with Crippen LogP contribution in [-0.2, 0) is 6.54 Å². The predicted octanol–water partition coefficient (Wildman–Crippen LogP) is 0.553. The average molecular weight is 214 g/mol. The van der Waals surface area contributed by atoms with Crippen molar-refractivity contribution in [1.29, 1.82) is 0 Å². The fraction of sp³-hybridized carbons (Fsp3) is 0.182. The minimum absolute atomic E-state index is 0.0865. The van der Waals surface area contributed by atoms with Crippen molar-refractivity contribution in [3.8, 4) is 5.82 Å². The molecule has 5 nitrogen and oxygen atoms in total. The topological polar surface area (TPSA) is 59.8 Å². The van der Waals surface area contributed by atoms with Gasteiger partial charge in [-0.05, 0) is 12.1 Å². The normalized spacial score (nSPS) is 14.9. The number of carbonyl (C=O) groups is 1.